The first-order valence-corrected chi connectivity index (χ1v) is 6.60. The highest BCUT2D eigenvalue weighted by molar-refractivity contribution is 5.85. The summed E-state index contributed by atoms with van der Waals surface area (Å²) in [7, 11) is 0. The van der Waals surface area contributed by atoms with E-state index in [4.69, 9.17) is 9.84 Å². The Morgan fingerprint density at radius 3 is 3.00 bits per heavy atom. The van der Waals surface area contributed by atoms with Gasteiger partial charge in [0.25, 0.3) is 0 Å². The minimum absolute atomic E-state index is 0.00862. The first-order valence-electron chi connectivity index (χ1n) is 6.60. The minimum atomic E-state index is -1.07. The lowest BCUT2D eigenvalue weighted by molar-refractivity contribution is -0.157. The van der Waals surface area contributed by atoms with Crippen molar-refractivity contribution in [3.05, 3.63) is 41.7 Å². The number of carbonyl (C=O) groups is 2. The molecule has 0 saturated carbocycles. The van der Waals surface area contributed by atoms with Crippen LogP contribution >= 0.6 is 0 Å². The molecule has 1 fully saturated rings. The average molecular weight is 293 g/mol. The van der Waals surface area contributed by atoms with Gasteiger partial charge in [-0.1, -0.05) is 24.3 Å². The smallest absolute Gasteiger partial charge is 0.328 e. The molecule has 0 radical (unpaired) electrons. The summed E-state index contributed by atoms with van der Waals surface area (Å²) in [5.74, 6) is -1.70. The topological polar surface area (TPSA) is 66.8 Å². The molecule has 1 N–H and O–H groups in total. The Bertz CT molecular complexity index is 558. The fourth-order valence-corrected chi connectivity index (χ4v) is 2.13. The van der Waals surface area contributed by atoms with E-state index < -0.39 is 12.0 Å². The molecule has 2 rings (SSSR count). The summed E-state index contributed by atoms with van der Waals surface area (Å²) in [6.45, 7) is 0.613. The molecule has 0 spiro atoms. The van der Waals surface area contributed by atoms with Crippen molar-refractivity contribution >= 4 is 18.0 Å². The maximum Gasteiger partial charge on any atom is 0.328 e. The van der Waals surface area contributed by atoms with Crippen LogP contribution in [0.2, 0.25) is 0 Å². The highest BCUT2D eigenvalue weighted by Crippen LogP contribution is 2.11. The maximum atomic E-state index is 13.0. The molecule has 112 valence electrons. The summed E-state index contributed by atoms with van der Waals surface area (Å²) in [6, 6.07) is 5.07. The van der Waals surface area contributed by atoms with Gasteiger partial charge in [0.05, 0.1) is 13.2 Å². The number of morpholine rings is 1. The molecule has 1 saturated heterocycles. The third kappa shape index (κ3) is 4.13. The van der Waals surface area contributed by atoms with Crippen LogP contribution in [0.15, 0.2) is 30.3 Å². The summed E-state index contributed by atoms with van der Waals surface area (Å²) in [4.78, 5) is 24.4. The zero-order chi connectivity index (χ0) is 15.2. The van der Waals surface area contributed by atoms with Gasteiger partial charge in [-0.05, 0) is 17.7 Å². The molecule has 1 amide bonds. The third-order valence-corrected chi connectivity index (χ3v) is 3.19. The van der Waals surface area contributed by atoms with E-state index in [9.17, 15) is 14.0 Å². The first kappa shape index (κ1) is 15.2. The van der Waals surface area contributed by atoms with E-state index in [1.54, 1.807) is 24.3 Å². The van der Waals surface area contributed by atoms with Crippen molar-refractivity contribution in [1.82, 2.24) is 4.90 Å². The average Bonchev–Trinajstić information content (AvgIpc) is 2.47. The molecule has 0 bridgehead atoms. The Labute approximate surface area is 121 Å². The lowest BCUT2D eigenvalue weighted by atomic mass is 10.1. The highest BCUT2D eigenvalue weighted by atomic mass is 19.1. The number of aliphatic carboxylic acids is 1. The number of hydrogen-bond donors (Lipinski definition) is 1. The molecule has 1 aromatic rings. The van der Waals surface area contributed by atoms with Gasteiger partial charge in [0, 0.05) is 13.0 Å². The van der Waals surface area contributed by atoms with Crippen molar-refractivity contribution in [2.75, 3.05) is 19.8 Å². The van der Waals surface area contributed by atoms with E-state index in [-0.39, 0.29) is 31.3 Å². The molecule has 0 aromatic heterocycles. The van der Waals surface area contributed by atoms with Crippen molar-refractivity contribution in [1.29, 1.82) is 0 Å². The third-order valence-electron chi connectivity index (χ3n) is 3.19. The number of rotatable bonds is 4. The van der Waals surface area contributed by atoms with Gasteiger partial charge in [0.2, 0.25) is 5.91 Å². The molecule has 5 nitrogen and oxygen atoms in total. The summed E-state index contributed by atoms with van der Waals surface area (Å²) in [5, 5.41) is 9.06. The molecular weight excluding hydrogens is 277 g/mol. The Morgan fingerprint density at radius 2 is 2.29 bits per heavy atom. The second kappa shape index (κ2) is 6.99. The van der Waals surface area contributed by atoms with E-state index in [0.717, 1.165) is 0 Å². The van der Waals surface area contributed by atoms with Crippen molar-refractivity contribution in [2.24, 2.45) is 0 Å². The maximum absolute atomic E-state index is 13.0. The van der Waals surface area contributed by atoms with Crippen molar-refractivity contribution in [3.63, 3.8) is 0 Å². The summed E-state index contributed by atoms with van der Waals surface area (Å²) in [5.41, 5.74) is 0.652. The quantitative estimate of drug-likeness (QED) is 0.914. The Balaban J connectivity index is 1.95. The van der Waals surface area contributed by atoms with E-state index in [2.05, 4.69) is 0 Å². The summed E-state index contributed by atoms with van der Waals surface area (Å²) in [6.07, 6.45) is 3.31. The molecule has 6 heteroatoms. The van der Waals surface area contributed by atoms with Gasteiger partial charge < -0.3 is 14.7 Å². The lowest BCUT2D eigenvalue weighted by Gasteiger charge is -2.32. The number of carbonyl (C=O) groups excluding carboxylic acids is 1. The van der Waals surface area contributed by atoms with Gasteiger partial charge in [-0.2, -0.15) is 0 Å². The number of amides is 1. The standard InChI is InChI=1S/C15H16FNO4/c16-12-5-1-3-11(9-12)4-2-6-14(18)17-7-8-21-10-13(17)15(19)20/h1-5,9,13H,6-8,10H2,(H,19,20). The monoisotopic (exact) mass is 293 g/mol. The number of carboxylic acid groups (broad SMARTS) is 1. The highest BCUT2D eigenvalue weighted by Gasteiger charge is 2.31. The van der Waals surface area contributed by atoms with Crippen LogP contribution in [0.1, 0.15) is 12.0 Å². The number of hydrogen-bond acceptors (Lipinski definition) is 3. The number of ether oxygens (including phenoxy) is 1. The van der Waals surface area contributed by atoms with Crippen molar-refractivity contribution in [2.45, 2.75) is 12.5 Å². The summed E-state index contributed by atoms with van der Waals surface area (Å²) < 4.78 is 18.1. The minimum Gasteiger partial charge on any atom is -0.480 e. The van der Waals surface area contributed by atoms with Gasteiger partial charge >= 0.3 is 5.97 Å². The lowest BCUT2D eigenvalue weighted by Crippen LogP contribution is -2.52. The number of carboxylic acids is 1. The number of benzene rings is 1. The molecular formula is C15H16FNO4. The molecule has 1 heterocycles. The second-order valence-electron chi connectivity index (χ2n) is 4.68. The van der Waals surface area contributed by atoms with Crippen LogP contribution in [0.3, 0.4) is 0 Å². The van der Waals surface area contributed by atoms with E-state index in [0.29, 0.717) is 12.2 Å². The Hall–Kier alpha value is -2.21. The molecule has 0 aliphatic carbocycles. The zero-order valence-electron chi connectivity index (χ0n) is 11.4. The molecule has 1 aliphatic rings. The second-order valence-corrected chi connectivity index (χ2v) is 4.68. The van der Waals surface area contributed by atoms with Gasteiger partial charge in [0.1, 0.15) is 5.82 Å². The van der Waals surface area contributed by atoms with Crippen LogP contribution in [0.5, 0.6) is 0 Å². The van der Waals surface area contributed by atoms with Crippen LogP contribution < -0.4 is 0 Å². The molecule has 1 aromatic carbocycles. The number of nitrogens with zero attached hydrogens (tertiary/aromatic N) is 1. The fourth-order valence-electron chi connectivity index (χ4n) is 2.13. The van der Waals surface area contributed by atoms with E-state index >= 15 is 0 Å². The largest absolute Gasteiger partial charge is 0.480 e. The molecule has 1 unspecified atom stereocenters. The van der Waals surface area contributed by atoms with Crippen LogP contribution in [-0.2, 0) is 14.3 Å². The molecule has 21 heavy (non-hydrogen) atoms. The predicted molar refractivity (Wildman–Crippen MR) is 74.0 cm³/mol. The fraction of sp³-hybridized carbons (Fsp3) is 0.333. The van der Waals surface area contributed by atoms with Gasteiger partial charge in [-0.3, -0.25) is 4.79 Å². The van der Waals surface area contributed by atoms with E-state index in [1.165, 1.54) is 17.0 Å². The molecule has 1 atom stereocenters. The van der Waals surface area contributed by atoms with Gasteiger partial charge in [-0.25, -0.2) is 9.18 Å². The Kier molecular flexibility index (Phi) is 5.05. The molecule has 1 aliphatic heterocycles. The SMILES string of the molecule is O=C(O)C1COCCN1C(=O)CC=Cc1cccc(F)c1. The van der Waals surface area contributed by atoms with Crippen LogP contribution in [0, 0.1) is 5.82 Å². The van der Waals surface area contributed by atoms with Crippen LogP contribution in [-0.4, -0.2) is 47.7 Å². The van der Waals surface area contributed by atoms with Crippen molar-refractivity contribution in [3.8, 4) is 0 Å². The zero-order valence-corrected chi connectivity index (χ0v) is 11.4. The summed E-state index contributed by atoms with van der Waals surface area (Å²) >= 11 is 0. The van der Waals surface area contributed by atoms with Crippen LogP contribution in [0.4, 0.5) is 4.39 Å². The van der Waals surface area contributed by atoms with Gasteiger partial charge in [0.15, 0.2) is 6.04 Å². The first-order chi connectivity index (χ1) is 10.1. The van der Waals surface area contributed by atoms with Crippen molar-refractivity contribution < 1.29 is 23.8 Å². The predicted octanol–water partition coefficient (Wildman–Crippen LogP) is 1.54. The normalized spacial score (nSPS) is 18.9. The van der Waals surface area contributed by atoms with E-state index in [1.807, 2.05) is 0 Å². The Morgan fingerprint density at radius 1 is 1.48 bits per heavy atom. The van der Waals surface area contributed by atoms with Gasteiger partial charge in [-0.15, -0.1) is 0 Å². The number of halogens is 1. The van der Waals surface area contributed by atoms with Crippen LogP contribution in [0.25, 0.3) is 6.08 Å².